The van der Waals surface area contributed by atoms with Crippen LogP contribution < -0.4 is 5.32 Å². The van der Waals surface area contributed by atoms with Crippen molar-refractivity contribution in [3.63, 3.8) is 0 Å². The zero-order chi connectivity index (χ0) is 16.9. The van der Waals surface area contributed by atoms with E-state index in [9.17, 15) is 9.59 Å². The van der Waals surface area contributed by atoms with E-state index < -0.39 is 11.9 Å². The summed E-state index contributed by atoms with van der Waals surface area (Å²) in [7, 11) is 1.30. The van der Waals surface area contributed by atoms with E-state index in [4.69, 9.17) is 4.42 Å². The average molecular weight is 323 g/mol. The van der Waals surface area contributed by atoms with Crippen LogP contribution in [0, 0.1) is 0 Å². The highest BCUT2D eigenvalue weighted by Gasteiger charge is 2.16. The van der Waals surface area contributed by atoms with E-state index in [2.05, 4.69) is 20.3 Å². The van der Waals surface area contributed by atoms with E-state index in [1.54, 1.807) is 36.4 Å². The first-order chi connectivity index (χ1) is 11.7. The molecule has 3 aromatic rings. The molecule has 1 heterocycles. The maximum atomic E-state index is 12.1. The Hall–Kier alpha value is -3.48. The number of aromatic nitrogens is 2. The molecular formula is C17H13N3O4. The predicted molar refractivity (Wildman–Crippen MR) is 85.5 cm³/mol. The molecule has 0 atom stereocenters. The standard InChI is InChI=1S/C17H13N3O4/c1-23-17(22)12-7-9-13(10-8-12)18-14(21)16-20-19-15(24-16)11-5-3-2-4-6-11/h2-10H,1H3,(H,18,21). The van der Waals surface area contributed by atoms with E-state index in [0.29, 0.717) is 11.3 Å². The maximum Gasteiger partial charge on any atom is 0.337 e. The van der Waals surface area contributed by atoms with Crippen LogP contribution >= 0.6 is 0 Å². The summed E-state index contributed by atoms with van der Waals surface area (Å²) >= 11 is 0. The van der Waals surface area contributed by atoms with Crippen LogP contribution in [0.3, 0.4) is 0 Å². The van der Waals surface area contributed by atoms with Crippen molar-refractivity contribution in [1.29, 1.82) is 0 Å². The Kier molecular flexibility index (Phi) is 4.33. The summed E-state index contributed by atoms with van der Waals surface area (Å²) in [5.41, 5.74) is 1.61. The van der Waals surface area contributed by atoms with Gasteiger partial charge in [0.25, 0.3) is 0 Å². The van der Waals surface area contributed by atoms with Crippen molar-refractivity contribution in [3.05, 3.63) is 66.1 Å². The number of carbonyl (C=O) groups is 2. The lowest BCUT2D eigenvalue weighted by Gasteiger charge is -2.03. The zero-order valence-corrected chi connectivity index (χ0v) is 12.7. The monoisotopic (exact) mass is 323 g/mol. The van der Waals surface area contributed by atoms with Crippen LogP contribution in [-0.4, -0.2) is 29.2 Å². The van der Waals surface area contributed by atoms with Gasteiger partial charge in [0.1, 0.15) is 0 Å². The van der Waals surface area contributed by atoms with Crippen molar-refractivity contribution in [2.24, 2.45) is 0 Å². The number of carbonyl (C=O) groups excluding carboxylic acids is 2. The Morgan fingerprint density at radius 2 is 1.71 bits per heavy atom. The van der Waals surface area contributed by atoms with Crippen molar-refractivity contribution in [2.45, 2.75) is 0 Å². The van der Waals surface area contributed by atoms with Crippen LogP contribution in [0.25, 0.3) is 11.5 Å². The summed E-state index contributed by atoms with van der Waals surface area (Å²) in [6.07, 6.45) is 0. The molecule has 7 nitrogen and oxygen atoms in total. The Morgan fingerprint density at radius 3 is 2.38 bits per heavy atom. The summed E-state index contributed by atoms with van der Waals surface area (Å²) in [6.45, 7) is 0. The lowest BCUT2D eigenvalue weighted by atomic mass is 10.2. The van der Waals surface area contributed by atoms with E-state index in [0.717, 1.165) is 5.56 Å². The fourth-order valence-electron chi connectivity index (χ4n) is 2.00. The van der Waals surface area contributed by atoms with Gasteiger partial charge in [0, 0.05) is 11.3 Å². The minimum absolute atomic E-state index is 0.147. The third-order valence-corrected chi connectivity index (χ3v) is 3.20. The van der Waals surface area contributed by atoms with E-state index >= 15 is 0 Å². The molecule has 1 amide bonds. The second-order valence-corrected chi connectivity index (χ2v) is 4.80. The number of benzene rings is 2. The molecule has 0 spiro atoms. The molecule has 24 heavy (non-hydrogen) atoms. The van der Waals surface area contributed by atoms with Crippen LogP contribution in [0.5, 0.6) is 0 Å². The molecule has 0 aliphatic rings. The molecule has 3 rings (SSSR count). The number of anilines is 1. The maximum absolute atomic E-state index is 12.1. The van der Waals surface area contributed by atoms with Crippen molar-refractivity contribution in [1.82, 2.24) is 10.2 Å². The number of ether oxygens (including phenoxy) is 1. The highest BCUT2D eigenvalue weighted by molar-refractivity contribution is 6.01. The Morgan fingerprint density at radius 1 is 1.00 bits per heavy atom. The van der Waals surface area contributed by atoms with Gasteiger partial charge in [-0.2, -0.15) is 0 Å². The molecule has 120 valence electrons. The lowest BCUT2D eigenvalue weighted by molar-refractivity contribution is 0.0600. The fraction of sp³-hybridized carbons (Fsp3) is 0.0588. The van der Waals surface area contributed by atoms with Crippen LogP contribution in [0.1, 0.15) is 21.0 Å². The first kappa shape index (κ1) is 15.4. The molecule has 0 unspecified atom stereocenters. The smallest absolute Gasteiger partial charge is 0.337 e. The van der Waals surface area contributed by atoms with Crippen LogP contribution in [-0.2, 0) is 4.74 Å². The van der Waals surface area contributed by atoms with Gasteiger partial charge in [-0.1, -0.05) is 18.2 Å². The van der Waals surface area contributed by atoms with Crippen LogP contribution in [0.4, 0.5) is 5.69 Å². The quantitative estimate of drug-likeness (QED) is 0.742. The Balaban J connectivity index is 1.71. The summed E-state index contributed by atoms with van der Waals surface area (Å²) in [5, 5.41) is 10.2. The first-order valence-electron chi connectivity index (χ1n) is 7.06. The topological polar surface area (TPSA) is 94.3 Å². The van der Waals surface area contributed by atoms with Gasteiger partial charge >= 0.3 is 17.8 Å². The van der Waals surface area contributed by atoms with Gasteiger partial charge in [-0.25, -0.2) is 4.79 Å². The van der Waals surface area contributed by atoms with Crippen LogP contribution in [0.15, 0.2) is 59.0 Å². The molecule has 0 bridgehead atoms. The SMILES string of the molecule is COC(=O)c1ccc(NC(=O)c2nnc(-c3ccccc3)o2)cc1. The number of methoxy groups -OCH3 is 1. The average Bonchev–Trinajstić information content (AvgIpc) is 3.13. The lowest BCUT2D eigenvalue weighted by Crippen LogP contribution is -2.12. The summed E-state index contributed by atoms with van der Waals surface area (Å²) in [6, 6.07) is 15.4. The second-order valence-electron chi connectivity index (χ2n) is 4.80. The van der Waals surface area contributed by atoms with Crippen molar-refractivity contribution < 1.29 is 18.7 Å². The molecule has 0 aliphatic heterocycles. The minimum Gasteiger partial charge on any atom is -0.465 e. The number of amides is 1. The van der Waals surface area contributed by atoms with Gasteiger partial charge < -0.3 is 14.5 Å². The largest absolute Gasteiger partial charge is 0.465 e. The summed E-state index contributed by atoms with van der Waals surface area (Å²) in [4.78, 5) is 23.5. The molecule has 0 fully saturated rings. The Labute approximate surface area is 137 Å². The first-order valence-corrected chi connectivity index (χ1v) is 7.06. The predicted octanol–water partition coefficient (Wildman–Crippen LogP) is 2.78. The van der Waals surface area contributed by atoms with Gasteiger partial charge in [0.2, 0.25) is 5.89 Å². The van der Waals surface area contributed by atoms with E-state index in [1.807, 2.05) is 18.2 Å². The minimum atomic E-state index is -0.532. The van der Waals surface area contributed by atoms with Gasteiger partial charge in [0.15, 0.2) is 0 Å². The molecular weight excluding hydrogens is 310 g/mol. The van der Waals surface area contributed by atoms with Gasteiger partial charge in [-0.3, -0.25) is 4.79 Å². The van der Waals surface area contributed by atoms with Gasteiger partial charge in [-0.15, -0.1) is 10.2 Å². The summed E-state index contributed by atoms with van der Waals surface area (Å²) < 4.78 is 9.99. The van der Waals surface area contributed by atoms with E-state index in [1.165, 1.54) is 7.11 Å². The third kappa shape index (κ3) is 3.30. The number of nitrogens with one attached hydrogen (secondary N) is 1. The van der Waals surface area contributed by atoms with Crippen LogP contribution in [0.2, 0.25) is 0 Å². The summed E-state index contributed by atoms with van der Waals surface area (Å²) in [5.74, 6) is -0.861. The van der Waals surface area contributed by atoms with Crippen molar-refractivity contribution >= 4 is 17.6 Å². The zero-order valence-electron chi connectivity index (χ0n) is 12.7. The number of rotatable bonds is 4. The highest BCUT2D eigenvalue weighted by atomic mass is 16.5. The third-order valence-electron chi connectivity index (χ3n) is 3.20. The number of hydrogen-bond acceptors (Lipinski definition) is 6. The number of esters is 1. The van der Waals surface area contributed by atoms with Crippen molar-refractivity contribution in [3.8, 4) is 11.5 Å². The molecule has 1 N–H and O–H groups in total. The normalized spacial score (nSPS) is 10.2. The number of nitrogens with zero attached hydrogens (tertiary/aromatic N) is 2. The Bertz CT molecular complexity index is 857. The fourth-order valence-corrected chi connectivity index (χ4v) is 2.00. The molecule has 0 saturated heterocycles. The molecule has 2 aromatic carbocycles. The molecule has 7 heteroatoms. The molecule has 0 aliphatic carbocycles. The number of hydrogen-bond donors (Lipinski definition) is 1. The van der Waals surface area contributed by atoms with Gasteiger partial charge in [0.05, 0.1) is 12.7 Å². The highest BCUT2D eigenvalue weighted by Crippen LogP contribution is 2.18. The van der Waals surface area contributed by atoms with Gasteiger partial charge in [-0.05, 0) is 36.4 Å². The van der Waals surface area contributed by atoms with E-state index in [-0.39, 0.29) is 11.8 Å². The molecule has 0 radical (unpaired) electrons. The molecule has 0 saturated carbocycles. The second kappa shape index (κ2) is 6.74. The molecule has 1 aromatic heterocycles. The van der Waals surface area contributed by atoms with Crippen molar-refractivity contribution in [2.75, 3.05) is 12.4 Å².